The number of methoxy groups -OCH3 is 1. The van der Waals surface area contributed by atoms with Crippen LogP contribution < -0.4 is 14.3 Å². The zero-order valence-corrected chi connectivity index (χ0v) is 8.87. The number of hydrogen-bond donors (Lipinski definition) is 0. The van der Waals surface area contributed by atoms with Crippen LogP contribution in [0.25, 0.3) is 0 Å². The lowest BCUT2D eigenvalue weighted by Gasteiger charge is -1.97. The molecule has 1 heterocycles. The van der Waals surface area contributed by atoms with Gasteiger partial charge in [-0.15, -0.1) is 0 Å². The summed E-state index contributed by atoms with van der Waals surface area (Å²) in [6.07, 6.45) is 1.81. The van der Waals surface area contributed by atoms with Crippen molar-refractivity contribution in [2.75, 3.05) is 13.7 Å². The van der Waals surface area contributed by atoms with Crippen molar-refractivity contribution < 1.29 is 31.6 Å². The molecule has 0 atom stereocenters. The fraction of sp³-hybridized carbons (Fsp3) is 0.375. The zero-order valence-electron chi connectivity index (χ0n) is 8.87. The van der Waals surface area contributed by atoms with Gasteiger partial charge in [0.25, 0.3) is 0 Å². The molecule has 3 nitrogen and oxygen atoms in total. The van der Waals surface area contributed by atoms with Crippen molar-refractivity contribution in [3.63, 3.8) is 0 Å². The Morgan fingerprint density at radius 1 is 1.25 bits per heavy atom. The van der Waals surface area contributed by atoms with Gasteiger partial charge in [0.2, 0.25) is 6.20 Å². The van der Waals surface area contributed by atoms with Gasteiger partial charge in [-0.05, 0) is 13.0 Å². The SMILES string of the molecule is CCO[n+]1ccccc1OC.F[B-](F)(F)F. The smallest absolute Gasteiger partial charge is 0.445 e. The number of nitrogens with zero attached hydrogens (tertiary/aromatic N) is 1. The molecule has 0 aliphatic carbocycles. The van der Waals surface area contributed by atoms with Crippen molar-refractivity contribution in [3.8, 4) is 5.88 Å². The number of rotatable bonds is 3. The lowest BCUT2D eigenvalue weighted by Crippen LogP contribution is -2.43. The van der Waals surface area contributed by atoms with E-state index in [4.69, 9.17) is 9.57 Å². The van der Waals surface area contributed by atoms with Crippen LogP contribution in [0.2, 0.25) is 0 Å². The van der Waals surface area contributed by atoms with E-state index in [0.29, 0.717) is 12.5 Å². The molecule has 16 heavy (non-hydrogen) atoms. The molecule has 0 unspecified atom stereocenters. The molecule has 0 saturated heterocycles. The maximum absolute atomic E-state index is 9.75. The predicted octanol–water partition coefficient (Wildman–Crippen LogP) is 1.73. The van der Waals surface area contributed by atoms with Gasteiger partial charge >= 0.3 is 13.1 Å². The van der Waals surface area contributed by atoms with Gasteiger partial charge in [-0.25, -0.2) is 0 Å². The second kappa shape index (κ2) is 6.92. The summed E-state index contributed by atoms with van der Waals surface area (Å²) in [6.45, 7) is 2.56. The van der Waals surface area contributed by atoms with E-state index in [-0.39, 0.29) is 0 Å². The molecular formula is C8H12BF4NO2. The Hall–Kier alpha value is -1.47. The molecule has 0 bridgehead atoms. The minimum Gasteiger partial charge on any atom is -0.445 e. The molecule has 0 N–H and O–H groups in total. The maximum Gasteiger partial charge on any atom is 0.673 e. The Morgan fingerprint density at radius 3 is 2.25 bits per heavy atom. The van der Waals surface area contributed by atoms with E-state index in [0.717, 1.165) is 0 Å². The topological polar surface area (TPSA) is 22.3 Å². The highest BCUT2D eigenvalue weighted by atomic mass is 19.5. The number of pyridine rings is 1. The number of ether oxygens (including phenoxy) is 1. The van der Waals surface area contributed by atoms with Crippen LogP contribution in [-0.4, -0.2) is 21.0 Å². The third-order valence-electron chi connectivity index (χ3n) is 1.27. The van der Waals surface area contributed by atoms with E-state index in [9.17, 15) is 17.3 Å². The maximum atomic E-state index is 9.75. The molecule has 0 spiro atoms. The van der Waals surface area contributed by atoms with Crippen molar-refractivity contribution in [1.82, 2.24) is 0 Å². The molecule has 0 fully saturated rings. The number of aromatic nitrogens is 1. The summed E-state index contributed by atoms with van der Waals surface area (Å²) in [6, 6.07) is 5.63. The molecule has 1 aromatic heterocycles. The van der Waals surface area contributed by atoms with Gasteiger partial charge in [-0.1, -0.05) is 0 Å². The van der Waals surface area contributed by atoms with E-state index in [1.807, 2.05) is 31.3 Å². The fourth-order valence-corrected chi connectivity index (χ4v) is 0.816. The lowest BCUT2D eigenvalue weighted by molar-refractivity contribution is -0.892. The quantitative estimate of drug-likeness (QED) is 0.456. The van der Waals surface area contributed by atoms with E-state index in [1.54, 1.807) is 11.8 Å². The second-order valence-electron chi connectivity index (χ2n) is 2.48. The van der Waals surface area contributed by atoms with Gasteiger partial charge < -0.3 is 22.0 Å². The Morgan fingerprint density at radius 2 is 1.81 bits per heavy atom. The third kappa shape index (κ3) is 7.89. The summed E-state index contributed by atoms with van der Waals surface area (Å²) in [4.78, 5) is 5.22. The van der Waals surface area contributed by atoms with Crippen LogP contribution in [-0.2, 0) is 0 Å². The standard InChI is InChI=1S/C8H12NO2.BF4/c1-3-11-9-7-5-4-6-8(9)10-2;2-1(3,4)5/h4-7H,3H2,1-2H3;/q+1;-1. The van der Waals surface area contributed by atoms with Gasteiger partial charge in [0, 0.05) is 10.8 Å². The van der Waals surface area contributed by atoms with Crippen LogP contribution in [0.4, 0.5) is 17.3 Å². The highest BCUT2D eigenvalue weighted by molar-refractivity contribution is 6.50. The third-order valence-corrected chi connectivity index (χ3v) is 1.27. The van der Waals surface area contributed by atoms with Gasteiger partial charge in [-0.3, -0.25) is 4.84 Å². The average molecular weight is 241 g/mol. The normalized spacial score (nSPS) is 10.1. The highest BCUT2D eigenvalue weighted by Gasteiger charge is 2.20. The molecule has 0 aromatic carbocycles. The van der Waals surface area contributed by atoms with Crippen LogP contribution in [0.1, 0.15) is 6.92 Å². The van der Waals surface area contributed by atoms with Crippen molar-refractivity contribution >= 4 is 7.25 Å². The summed E-state index contributed by atoms with van der Waals surface area (Å²) in [5, 5.41) is 0. The molecule has 0 saturated carbocycles. The van der Waals surface area contributed by atoms with Crippen LogP contribution in [0.3, 0.4) is 0 Å². The van der Waals surface area contributed by atoms with Gasteiger partial charge in [0.05, 0.1) is 13.2 Å². The van der Waals surface area contributed by atoms with E-state index < -0.39 is 7.25 Å². The fourth-order valence-electron chi connectivity index (χ4n) is 0.816. The lowest BCUT2D eigenvalue weighted by atomic mass is 10.3. The Labute approximate surface area is 90.7 Å². The Bertz CT molecular complexity index is 302. The van der Waals surface area contributed by atoms with E-state index in [1.165, 1.54) is 0 Å². The zero-order chi connectivity index (χ0) is 12.6. The molecule has 1 aromatic rings. The van der Waals surface area contributed by atoms with E-state index in [2.05, 4.69) is 0 Å². The summed E-state index contributed by atoms with van der Waals surface area (Å²) in [5.74, 6) is 0.703. The van der Waals surface area contributed by atoms with Crippen molar-refractivity contribution in [2.45, 2.75) is 6.92 Å². The van der Waals surface area contributed by atoms with Crippen molar-refractivity contribution in [1.29, 1.82) is 0 Å². The first-order valence-electron chi connectivity index (χ1n) is 4.43. The molecule has 0 amide bonds. The van der Waals surface area contributed by atoms with Crippen molar-refractivity contribution in [2.24, 2.45) is 0 Å². The summed E-state index contributed by atoms with van der Waals surface area (Å²) >= 11 is 0. The first-order valence-corrected chi connectivity index (χ1v) is 4.43. The summed E-state index contributed by atoms with van der Waals surface area (Å²) in [5.41, 5.74) is 0. The van der Waals surface area contributed by atoms with E-state index >= 15 is 0 Å². The summed E-state index contributed by atoms with van der Waals surface area (Å²) in [7, 11) is -4.38. The number of hydrogen-bond acceptors (Lipinski definition) is 2. The minimum atomic E-state index is -6.00. The van der Waals surface area contributed by atoms with Crippen LogP contribution in [0.5, 0.6) is 5.88 Å². The van der Waals surface area contributed by atoms with Crippen LogP contribution >= 0.6 is 0 Å². The Balaban J connectivity index is 0.000000385. The van der Waals surface area contributed by atoms with Crippen LogP contribution in [0.15, 0.2) is 24.4 Å². The molecular weight excluding hydrogens is 229 g/mol. The molecule has 0 aliphatic rings. The monoisotopic (exact) mass is 241 g/mol. The first-order chi connectivity index (χ1) is 7.38. The number of halogens is 4. The summed E-state index contributed by atoms with van der Waals surface area (Å²) < 4.78 is 45.6. The Kier molecular flexibility index (Phi) is 6.28. The average Bonchev–Trinajstić information content (AvgIpc) is 2.16. The van der Waals surface area contributed by atoms with Crippen molar-refractivity contribution in [3.05, 3.63) is 24.4 Å². The predicted molar refractivity (Wildman–Crippen MR) is 50.5 cm³/mol. The molecule has 0 radical (unpaired) electrons. The molecule has 0 aliphatic heterocycles. The largest absolute Gasteiger partial charge is 0.673 e. The molecule has 92 valence electrons. The minimum absolute atomic E-state index is 0.630. The molecule has 8 heteroatoms. The highest BCUT2D eigenvalue weighted by Crippen LogP contribution is 2.06. The first kappa shape index (κ1) is 14.5. The van der Waals surface area contributed by atoms with Gasteiger partial charge in [-0.2, -0.15) is 0 Å². The van der Waals surface area contributed by atoms with Crippen LogP contribution in [0, 0.1) is 0 Å². The van der Waals surface area contributed by atoms with Gasteiger partial charge in [0.1, 0.15) is 0 Å². The molecule has 1 rings (SSSR count). The van der Waals surface area contributed by atoms with Gasteiger partial charge in [0.15, 0.2) is 6.61 Å². The second-order valence-corrected chi connectivity index (χ2v) is 2.48.